The fraction of sp³-hybridized carbons (Fsp3) is 0.444. The van der Waals surface area contributed by atoms with E-state index in [-0.39, 0.29) is 0 Å². The van der Waals surface area contributed by atoms with Crippen LogP contribution in [-0.2, 0) is 4.74 Å². The molecule has 2 heterocycles. The minimum atomic E-state index is 0.628. The predicted octanol–water partition coefficient (Wildman–Crippen LogP) is 1.95. The van der Waals surface area contributed by atoms with Crippen molar-refractivity contribution < 1.29 is 4.74 Å². The highest BCUT2D eigenvalue weighted by molar-refractivity contribution is 5.64. The van der Waals surface area contributed by atoms with Gasteiger partial charge in [-0.1, -0.05) is 30.3 Å². The van der Waals surface area contributed by atoms with E-state index in [0.717, 1.165) is 43.3 Å². The van der Waals surface area contributed by atoms with E-state index >= 15 is 0 Å². The minimum absolute atomic E-state index is 0.628. The van der Waals surface area contributed by atoms with Gasteiger partial charge in [-0.05, 0) is 7.05 Å². The molecular weight excluding hydrogens is 302 g/mol. The Balaban J connectivity index is 1.87. The fourth-order valence-corrected chi connectivity index (χ4v) is 2.73. The largest absolute Gasteiger partial charge is 0.383 e. The lowest BCUT2D eigenvalue weighted by atomic mass is 10.1. The number of anilines is 2. The van der Waals surface area contributed by atoms with Crippen molar-refractivity contribution in [2.75, 3.05) is 63.7 Å². The van der Waals surface area contributed by atoms with Crippen molar-refractivity contribution in [2.24, 2.45) is 0 Å². The Kier molecular flexibility index (Phi) is 5.61. The highest BCUT2D eigenvalue weighted by Crippen LogP contribution is 2.24. The molecule has 24 heavy (non-hydrogen) atoms. The molecule has 1 aromatic heterocycles. The van der Waals surface area contributed by atoms with Gasteiger partial charge in [0.2, 0.25) is 5.95 Å². The Morgan fingerprint density at radius 3 is 2.54 bits per heavy atom. The Labute approximate surface area is 143 Å². The number of nitrogens with one attached hydrogen (secondary N) is 1. The first-order valence-electron chi connectivity index (χ1n) is 8.37. The third kappa shape index (κ3) is 4.21. The maximum atomic E-state index is 5.10. The summed E-state index contributed by atoms with van der Waals surface area (Å²) in [4.78, 5) is 14.0. The summed E-state index contributed by atoms with van der Waals surface area (Å²) in [5.41, 5.74) is 2.05. The monoisotopic (exact) mass is 327 g/mol. The second-order valence-electron chi connectivity index (χ2n) is 6.01. The standard InChI is InChI=1S/C18H25N5O/c1-22-9-11-23(12-10-22)17-14-16(15-6-4-3-5-7-15)20-18(21-17)19-8-13-24-2/h3-7,14H,8-13H2,1-2H3,(H,19,20,21). The van der Waals surface area contributed by atoms with Crippen LogP contribution >= 0.6 is 0 Å². The molecule has 1 fully saturated rings. The van der Waals surface area contributed by atoms with Gasteiger partial charge in [0, 0.05) is 51.5 Å². The molecule has 1 aliphatic rings. The normalized spacial score (nSPS) is 15.5. The molecule has 0 spiro atoms. The third-order valence-corrected chi connectivity index (χ3v) is 4.20. The zero-order valence-corrected chi connectivity index (χ0v) is 14.4. The molecular formula is C18H25N5O. The molecule has 3 rings (SSSR count). The van der Waals surface area contributed by atoms with E-state index in [1.807, 2.05) is 18.2 Å². The smallest absolute Gasteiger partial charge is 0.225 e. The molecule has 0 atom stereocenters. The Bertz CT molecular complexity index is 641. The highest BCUT2D eigenvalue weighted by Gasteiger charge is 2.17. The molecule has 0 saturated carbocycles. The van der Waals surface area contributed by atoms with Gasteiger partial charge in [-0.3, -0.25) is 0 Å². The number of hydrogen-bond acceptors (Lipinski definition) is 6. The average Bonchev–Trinajstić information content (AvgIpc) is 2.63. The highest BCUT2D eigenvalue weighted by atomic mass is 16.5. The van der Waals surface area contributed by atoms with Gasteiger partial charge in [-0.25, -0.2) is 4.98 Å². The summed E-state index contributed by atoms with van der Waals surface area (Å²) >= 11 is 0. The first-order valence-corrected chi connectivity index (χ1v) is 8.37. The van der Waals surface area contributed by atoms with Crippen molar-refractivity contribution in [3.63, 3.8) is 0 Å². The Morgan fingerprint density at radius 2 is 1.83 bits per heavy atom. The van der Waals surface area contributed by atoms with Crippen molar-refractivity contribution in [3.05, 3.63) is 36.4 Å². The van der Waals surface area contributed by atoms with E-state index in [1.165, 1.54) is 0 Å². The van der Waals surface area contributed by atoms with Gasteiger partial charge >= 0.3 is 0 Å². The number of piperazine rings is 1. The van der Waals surface area contributed by atoms with Gasteiger partial charge in [0.15, 0.2) is 0 Å². The molecule has 1 saturated heterocycles. The zero-order valence-electron chi connectivity index (χ0n) is 14.4. The predicted molar refractivity (Wildman–Crippen MR) is 97.5 cm³/mol. The van der Waals surface area contributed by atoms with Gasteiger partial charge in [-0.2, -0.15) is 4.98 Å². The molecule has 1 N–H and O–H groups in total. The molecule has 128 valence electrons. The van der Waals surface area contributed by atoms with Crippen LogP contribution < -0.4 is 10.2 Å². The number of ether oxygens (including phenoxy) is 1. The zero-order chi connectivity index (χ0) is 16.8. The van der Waals surface area contributed by atoms with Gasteiger partial charge in [-0.15, -0.1) is 0 Å². The summed E-state index contributed by atoms with van der Waals surface area (Å²) in [5, 5.41) is 3.26. The number of hydrogen-bond donors (Lipinski definition) is 1. The first kappa shape index (κ1) is 16.7. The summed E-state index contributed by atoms with van der Waals surface area (Å²) in [7, 11) is 3.85. The fourth-order valence-electron chi connectivity index (χ4n) is 2.73. The minimum Gasteiger partial charge on any atom is -0.383 e. The summed E-state index contributed by atoms with van der Waals surface area (Å²) in [6.07, 6.45) is 0. The Morgan fingerprint density at radius 1 is 1.08 bits per heavy atom. The van der Waals surface area contributed by atoms with E-state index in [0.29, 0.717) is 19.1 Å². The van der Waals surface area contributed by atoms with Crippen LogP contribution in [0.15, 0.2) is 36.4 Å². The second-order valence-corrected chi connectivity index (χ2v) is 6.01. The number of likely N-dealkylation sites (N-methyl/N-ethyl adjacent to an activating group) is 1. The van der Waals surface area contributed by atoms with Gasteiger partial charge in [0.05, 0.1) is 12.3 Å². The van der Waals surface area contributed by atoms with Crippen LogP contribution in [-0.4, -0.2) is 68.4 Å². The number of benzene rings is 1. The SMILES string of the molecule is COCCNc1nc(-c2ccccc2)cc(N2CCN(C)CC2)n1. The van der Waals surface area contributed by atoms with Gasteiger partial charge in [0.25, 0.3) is 0 Å². The molecule has 1 aliphatic heterocycles. The van der Waals surface area contributed by atoms with E-state index < -0.39 is 0 Å². The maximum absolute atomic E-state index is 5.10. The van der Waals surface area contributed by atoms with Gasteiger partial charge < -0.3 is 19.9 Å². The summed E-state index contributed by atoms with van der Waals surface area (Å²) < 4.78 is 5.10. The van der Waals surface area contributed by atoms with E-state index in [9.17, 15) is 0 Å². The van der Waals surface area contributed by atoms with Crippen LogP contribution in [0.1, 0.15) is 0 Å². The Hall–Kier alpha value is -2.18. The molecule has 0 radical (unpaired) electrons. The lowest BCUT2D eigenvalue weighted by Crippen LogP contribution is -2.44. The van der Waals surface area contributed by atoms with Gasteiger partial charge in [0.1, 0.15) is 5.82 Å². The number of aromatic nitrogens is 2. The van der Waals surface area contributed by atoms with Crippen LogP contribution in [0.5, 0.6) is 0 Å². The molecule has 0 unspecified atom stereocenters. The lowest BCUT2D eigenvalue weighted by Gasteiger charge is -2.33. The molecule has 0 amide bonds. The van der Waals surface area contributed by atoms with Crippen molar-refractivity contribution in [1.29, 1.82) is 0 Å². The van der Waals surface area contributed by atoms with Crippen molar-refractivity contribution in [2.45, 2.75) is 0 Å². The van der Waals surface area contributed by atoms with Crippen molar-refractivity contribution in [1.82, 2.24) is 14.9 Å². The number of rotatable bonds is 6. The maximum Gasteiger partial charge on any atom is 0.225 e. The van der Waals surface area contributed by atoms with Crippen LogP contribution in [0.3, 0.4) is 0 Å². The summed E-state index contributed by atoms with van der Waals surface area (Å²) in [6.45, 7) is 5.40. The van der Waals surface area contributed by atoms with Crippen molar-refractivity contribution in [3.8, 4) is 11.3 Å². The quantitative estimate of drug-likeness (QED) is 0.819. The molecule has 6 nitrogen and oxygen atoms in total. The van der Waals surface area contributed by atoms with E-state index in [4.69, 9.17) is 9.72 Å². The van der Waals surface area contributed by atoms with Crippen LogP contribution in [0.4, 0.5) is 11.8 Å². The molecule has 0 aliphatic carbocycles. The van der Waals surface area contributed by atoms with E-state index in [1.54, 1.807) is 7.11 Å². The summed E-state index contributed by atoms with van der Waals surface area (Å²) in [5.74, 6) is 1.64. The van der Waals surface area contributed by atoms with E-state index in [2.05, 4.69) is 45.3 Å². The number of nitrogens with zero attached hydrogens (tertiary/aromatic N) is 4. The molecule has 1 aromatic carbocycles. The molecule has 6 heteroatoms. The van der Waals surface area contributed by atoms with Crippen LogP contribution in [0.2, 0.25) is 0 Å². The first-order chi connectivity index (χ1) is 11.8. The van der Waals surface area contributed by atoms with Crippen LogP contribution in [0, 0.1) is 0 Å². The third-order valence-electron chi connectivity index (χ3n) is 4.20. The van der Waals surface area contributed by atoms with Crippen LogP contribution in [0.25, 0.3) is 11.3 Å². The molecule has 0 bridgehead atoms. The molecule has 2 aromatic rings. The average molecular weight is 327 g/mol. The lowest BCUT2D eigenvalue weighted by molar-refractivity contribution is 0.210. The van der Waals surface area contributed by atoms with Crippen molar-refractivity contribution >= 4 is 11.8 Å². The number of methoxy groups -OCH3 is 1. The summed E-state index contributed by atoms with van der Waals surface area (Å²) in [6, 6.07) is 12.3. The topological polar surface area (TPSA) is 53.5 Å². The second kappa shape index (κ2) is 8.08.